The second-order valence-corrected chi connectivity index (χ2v) is 5.31. The summed E-state index contributed by atoms with van der Waals surface area (Å²) in [5.74, 6) is 1.46. The van der Waals surface area contributed by atoms with Crippen LogP contribution in [0.15, 0.2) is 0 Å². The SMILES string of the molecule is CCc1nn(C)c(CC(N)C2CC2C)c1Cl. The Hall–Kier alpha value is -0.540. The average Bonchev–Trinajstić information content (AvgIpc) is 2.92. The second kappa shape index (κ2) is 4.38. The van der Waals surface area contributed by atoms with Crippen molar-refractivity contribution >= 4 is 11.6 Å². The van der Waals surface area contributed by atoms with Crippen LogP contribution >= 0.6 is 11.6 Å². The Labute approximate surface area is 102 Å². The molecular weight excluding hydrogens is 222 g/mol. The predicted molar refractivity (Wildman–Crippen MR) is 66.5 cm³/mol. The van der Waals surface area contributed by atoms with E-state index in [0.29, 0.717) is 5.92 Å². The van der Waals surface area contributed by atoms with Crippen molar-refractivity contribution in [1.82, 2.24) is 9.78 Å². The lowest BCUT2D eigenvalue weighted by molar-refractivity contribution is 0.538. The summed E-state index contributed by atoms with van der Waals surface area (Å²) < 4.78 is 1.88. The summed E-state index contributed by atoms with van der Waals surface area (Å²) in [6.07, 6.45) is 2.98. The van der Waals surface area contributed by atoms with Crippen molar-refractivity contribution in [3.8, 4) is 0 Å². The number of hydrogen-bond donors (Lipinski definition) is 1. The van der Waals surface area contributed by atoms with E-state index in [9.17, 15) is 0 Å². The van der Waals surface area contributed by atoms with E-state index in [1.54, 1.807) is 0 Å². The number of hydrogen-bond acceptors (Lipinski definition) is 2. The first kappa shape index (κ1) is 11.9. The summed E-state index contributed by atoms with van der Waals surface area (Å²) >= 11 is 6.30. The van der Waals surface area contributed by atoms with Crippen LogP contribution in [-0.4, -0.2) is 15.8 Å². The van der Waals surface area contributed by atoms with Crippen molar-refractivity contribution < 1.29 is 0 Å². The van der Waals surface area contributed by atoms with Crippen LogP contribution in [0.4, 0.5) is 0 Å². The molecular formula is C12H20ClN3. The number of nitrogens with zero attached hydrogens (tertiary/aromatic N) is 2. The molecule has 1 aromatic rings. The summed E-state index contributed by atoms with van der Waals surface area (Å²) in [6, 6.07) is 0.229. The van der Waals surface area contributed by atoms with Crippen molar-refractivity contribution in [3.63, 3.8) is 0 Å². The lowest BCUT2D eigenvalue weighted by Gasteiger charge is -2.11. The molecule has 1 aliphatic rings. The van der Waals surface area contributed by atoms with Gasteiger partial charge < -0.3 is 5.73 Å². The highest BCUT2D eigenvalue weighted by Gasteiger charge is 2.38. The molecule has 1 aliphatic carbocycles. The molecule has 1 aromatic heterocycles. The van der Waals surface area contributed by atoms with Crippen LogP contribution in [-0.2, 0) is 19.9 Å². The smallest absolute Gasteiger partial charge is 0.0850 e. The van der Waals surface area contributed by atoms with Crippen molar-refractivity contribution in [3.05, 3.63) is 16.4 Å². The Bertz CT molecular complexity index is 386. The standard InChI is InChI=1S/C12H20ClN3/c1-4-10-12(13)11(16(3)15-10)6-9(14)8-5-7(8)2/h7-9H,4-6,14H2,1-3H3. The van der Waals surface area contributed by atoms with Crippen LogP contribution in [0.25, 0.3) is 0 Å². The van der Waals surface area contributed by atoms with Gasteiger partial charge in [0.05, 0.1) is 16.4 Å². The van der Waals surface area contributed by atoms with Gasteiger partial charge in [0.15, 0.2) is 0 Å². The zero-order valence-corrected chi connectivity index (χ0v) is 11.0. The Morgan fingerprint density at radius 2 is 2.25 bits per heavy atom. The van der Waals surface area contributed by atoms with E-state index in [1.807, 2.05) is 11.7 Å². The number of nitrogens with two attached hydrogens (primary N) is 1. The zero-order valence-electron chi connectivity index (χ0n) is 10.2. The molecule has 90 valence electrons. The first-order valence-corrected chi connectivity index (χ1v) is 6.38. The summed E-state index contributed by atoms with van der Waals surface area (Å²) in [7, 11) is 1.95. The molecule has 1 heterocycles. The summed E-state index contributed by atoms with van der Waals surface area (Å²) in [5, 5.41) is 5.22. The second-order valence-electron chi connectivity index (χ2n) is 4.93. The van der Waals surface area contributed by atoms with E-state index in [0.717, 1.165) is 35.2 Å². The van der Waals surface area contributed by atoms with Gasteiger partial charge in [-0.2, -0.15) is 5.10 Å². The van der Waals surface area contributed by atoms with Crippen LogP contribution in [0.5, 0.6) is 0 Å². The highest BCUT2D eigenvalue weighted by Crippen LogP contribution is 2.41. The lowest BCUT2D eigenvalue weighted by atomic mass is 10.1. The molecule has 0 bridgehead atoms. The quantitative estimate of drug-likeness (QED) is 0.878. The molecule has 3 unspecified atom stereocenters. The third kappa shape index (κ3) is 2.11. The molecule has 0 spiro atoms. The van der Waals surface area contributed by atoms with Gasteiger partial charge in [0.25, 0.3) is 0 Å². The number of aryl methyl sites for hydroxylation is 2. The zero-order chi connectivity index (χ0) is 11.9. The molecule has 4 heteroatoms. The third-order valence-corrected chi connectivity index (χ3v) is 4.09. The minimum atomic E-state index is 0.229. The van der Waals surface area contributed by atoms with Gasteiger partial charge in [0.1, 0.15) is 0 Å². The van der Waals surface area contributed by atoms with Crippen molar-refractivity contribution in [2.45, 2.75) is 39.2 Å². The first-order valence-electron chi connectivity index (χ1n) is 6.00. The number of aromatic nitrogens is 2. The molecule has 2 rings (SSSR count). The van der Waals surface area contributed by atoms with Gasteiger partial charge in [0, 0.05) is 19.5 Å². The monoisotopic (exact) mass is 241 g/mol. The Morgan fingerprint density at radius 1 is 1.62 bits per heavy atom. The molecule has 3 nitrogen and oxygen atoms in total. The van der Waals surface area contributed by atoms with Gasteiger partial charge in [-0.15, -0.1) is 0 Å². The van der Waals surface area contributed by atoms with E-state index < -0.39 is 0 Å². The first-order chi connectivity index (χ1) is 7.54. The van der Waals surface area contributed by atoms with Gasteiger partial charge in [-0.25, -0.2) is 0 Å². The topological polar surface area (TPSA) is 43.8 Å². The maximum Gasteiger partial charge on any atom is 0.0850 e. The van der Waals surface area contributed by atoms with E-state index in [4.69, 9.17) is 17.3 Å². The van der Waals surface area contributed by atoms with E-state index in [-0.39, 0.29) is 6.04 Å². The number of rotatable bonds is 4. The van der Waals surface area contributed by atoms with Crippen molar-refractivity contribution in [2.75, 3.05) is 0 Å². The summed E-state index contributed by atoms with van der Waals surface area (Å²) in [6.45, 7) is 4.33. The maximum atomic E-state index is 6.30. The van der Waals surface area contributed by atoms with Crippen LogP contribution in [0.1, 0.15) is 31.7 Å². The molecule has 2 N–H and O–H groups in total. The minimum Gasteiger partial charge on any atom is -0.327 e. The largest absolute Gasteiger partial charge is 0.327 e. The predicted octanol–water partition coefficient (Wildman–Crippen LogP) is 2.16. The summed E-state index contributed by atoms with van der Waals surface area (Å²) in [5.41, 5.74) is 8.26. The fraction of sp³-hybridized carbons (Fsp3) is 0.750. The van der Waals surface area contributed by atoms with Gasteiger partial charge in [0.2, 0.25) is 0 Å². The fourth-order valence-corrected chi connectivity index (χ4v) is 2.73. The molecule has 16 heavy (non-hydrogen) atoms. The molecule has 0 amide bonds. The Kier molecular flexibility index (Phi) is 3.27. The van der Waals surface area contributed by atoms with Crippen molar-refractivity contribution in [2.24, 2.45) is 24.6 Å². The van der Waals surface area contributed by atoms with Crippen LogP contribution in [0.3, 0.4) is 0 Å². The molecule has 3 atom stereocenters. The molecule has 0 aromatic carbocycles. The molecule has 0 radical (unpaired) electrons. The Morgan fingerprint density at radius 3 is 2.69 bits per heavy atom. The van der Waals surface area contributed by atoms with Gasteiger partial charge in [-0.1, -0.05) is 25.4 Å². The lowest BCUT2D eigenvalue weighted by Crippen LogP contribution is -2.27. The molecule has 0 aliphatic heterocycles. The Balaban J connectivity index is 2.11. The normalized spacial score (nSPS) is 25.8. The van der Waals surface area contributed by atoms with Gasteiger partial charge in [-0.05, 0) is 24.7 Å². The summed E-state index contributed by atoms with van der Waals surface area (Å²) in [4.78, 5) is 0. The van der Waals surface area contributed by atoms with Gasteiger partial charge >= 0.3 is 0 Å². The highest BCUT2D eigenvalue weighted by molar-refractivity contribution is 6.31. The van der Waals surface area contributed by atoms with E-state index in [2.05, 4.69) is 18.9 Å². The van der Waals surface area contributed by atoms with E-state index in [1.165, 1.54) is 6.42 Å². The molecule has 0 saturated heterocycles. The number of halogens is 1. The van der Waals surface area contributed by atoms with Crippen LogP contribution in [0, 0.1) is 11.8 Å². The maximum absolute atomic E-state index is 6.30. The van der Waals surface area contributed by atoms with Crippen LogP contribution in [0.2, 0.25) is 5.02 Å². The van der Waals surface area contributed by atoms with E-state index >= 15 is 0 Å². The van der Waals surface area contributed by atoms with Gasteiger partial charge in [-0.3, -0.25) is 4.68 Å². The fourth-order valence-electron chi connectivity index (χ4n) is 2.36. The minimum absolute atomic E-state index is 0.229. The molecule has 1 fully saturated rings. The molecule has 1 saturated carbocycles. The average molecular weight is 242 g/mol. The van der Waals surface area contributed by atoms with Crippen LogP contribution < -0.4 is 5.73 Å². The highest BCUT2D eigenvalue weighted by atomic mass is 35.5. The van der Waals surface area contributed by atoms with Crippen molar-refractivity contribution in [1.29, 1.82) is 0 Å². The third-order valence-electron chi connectivity index (χ3n) is 3.65.